The lowest BCUT2D eigenvalue weighted by Gasteiger charge is -2.14. The van der Waals surface area contributed by atoms with E-state index in [0.717, 1.165) is 28.5 Å². The van der Waals surface area contributed by atoms with E-state index in [2.05, 4.69) is 10.3 Å². The van der Waals surface area contributed by atoms with Crippen molar-refractivity contribution >= 4 is 57.5 Å². The molecule has 32 heavy (non-hydrogen) atoms. The van der Waals surface area contributed by atoms with Gasteiger partial charge in [-0.3, -0.25) is 14.2 Å². The molecule has 0 unspecified atom stereocenters. The number of fused-ring (bicyclic) bond motifs is 1. The zero-order valence-corrected chi connectivity index (χ0v) is 18.4. The van der Waals surface area contributed by atoms with Gasteiger partial charge in [0.2, 0.25) is 5.91 Å². The fourth-order valence-corrected chi connectivity index (χ4v) is 4.14. The molecular formula is C22H13Cl2F2N3O2S. The van der Waals surface area contributed by atoms with Crippen LogP contribution >= 0.6 is 35.0 Å². The molecule has 0 atom stereocenters. The fourth-order valence-electron chi connectivity index (χ4n) is 2.99. The van der Waals surface area contributed by atoms with Gasteiger partial charge in [-0.15, -0.1) is 0 Å². The average Bonchev–Trinajstić information content (AvgIpc) is 2.76. The van der Waals surface area contributed by atoms with Gasteiger partial charge in [0.05, 0.1) is 33.1 Å². The van der Waals surface area contributed by atoms with E-state index in [1.165, 1.54) is 6.07 Å². The first-order chi connectivity index (χ1) is 15.3. The molecule has 0 aliphatic carbocycles. The largest absolute Gasteiger partial charge is 0.324 e. The summed E-state index contributed by atoms with van der Waals surface area (Å²) >= 11 is 12.9. The van der Waals surface area contributed by atoms with Gasteiger partial charge in [0.25, 0.3) is 5.56 Å². The fraction of sp³-hybridized carbons (Fsp3) is 0.0455. The number of benzene rings is 3. The van der Waals surface area contributed by atoms with Crippen molar-refractivity contribution in [1.29, 1.82) is 0 Å². The maximum Gasteiger partial charge on any atom is 0.266 e. The highest BCUT2D eigenvalue weighted by Crippen LogP contribution is 2.27. The van der Waals surface area contributed by atoms with E-state index in [4.69, 9.17) is 23.2 Å². The molecule has 0 radical (unpaired) electrons. The van der Waals surface area contributed by atoms with E-state index in [0.29, 0.717) is 27.3 Å². The Hall–Kier alpha value is -2.94. The number of amides is 1. The van der Waals surface area contributed by atoms with Crippen LogP contribution in [-0.2, 0) is 4.79 Å². The number of nitrogens with zero attached hydrogens (tertiary/aromatic N) is 2. The molecule has 0 fully saturated rings. The van der Waals surface area contributed by atoms with Crippen molar-refractivity contribution in [2.45, 2.75) is 5.16 Å². The van der Waals surface area contributed by atoms with Gasteiger partial charge in [0.1, 0.15) is 11.6 Å². The number of hydrogen-bond donors (Lipinski definition) is 1. The van der Waals surface area contributed by atoms with Gasteiger partial charge in [0, 0.05) is 11.1 Å². The van der Waals surface area contributed by atoms with Crippen molar-refractivity contribution in [2.24, 2.45) is 0 Å². The molecule has 0 spiro atoms. The molecular weight excluding hydrogens is 479 g/mol. The van der Waals surface area contributed by atoms with Crippen LogP contribution in [0.2, 0.25) is 10.0 Å². The van der Waals surface area contributed by atoms with Crippen LogP contribution in [-0.4, -0.2) is 21.2 Å². The summed E-state index contributed by atoms with van der Waals surface area (Å²) in [5.41, 5.74) is 0.00705. The zero-order valence-electron chi connectivity index (χ0n) is 16.1. The van der Waals surface area contributed by atoms with Crippen molar-refractivity contribution in [3.8, 4) is 5.69 Å². The van der Waals surface area contributed by atoms with Crippen LogP contribution in [0.1, 0.15) is 0 Å². The predicted octanol–water partition coefficient (Wildman–Crippen LogP) is 5.70. The molecule has 162 valence electrons. The van der Waals surface area contributed by atoms with Crippen molar-refractivity contribution in [1.82, 2.24) is 9.55 Å². The van der Waals surface area contributed by atoms with Crippen molar-refractivity contribution in [3.05, 3.63) is 92.7 Å². The standard InChI is InChI=1S/C22H13Cl2F2N3O2S/c23-12-5-7-15(24)18(9-12)27-20(30)11-32-22-28-17-4-2-1-3-14(17)21(31)29(22)19-8-6-13(25)10-16(19)26/h1-10H,11H2,(H,27,30). The summed E-state index contributed by atoms with van der Waals surface area (Å²) < 4.78 is 29.0. The highest BCUT2D eigenvalue weighted by atomic mass is 35.5. The number of thioether (sulfide) groups is 1. The first-order valence-electron chi connectivity index (χ1n) is 9.18. The molecule has 1 amide bonds. The van der Waals surface area contributed by atoms with Crippen molar-refractivity contribution in [3.63, 3.8) is 0 Å². The normalized spacial score (nSPS) is 11.0. The van der Waals surface area contributed by atoms with Gasteiger partial charge in [0.15, 0.2) is 5.16 Å². The minimum atomic E-state index is -0.929. The molecule has 4 rings (SSSR count). The lowest BCUT2D eigenvalue weighted by Crippen LogP contribution is -2.23. The molecule has 0 aliphatic heterocycles. The molecule has 0 aliphatic rings. The second-order valence-corrected chi connectivity index (χ2v) is 8.39. The Kier molecular flexibility index (Phi) is 6.45. The molecule has 4 aromatic rings. The summed E-state index contributed by atoms with van der Waals surface area (Å²) in [6.45, 7) is 0. The minimum Gasteiger partial charge on any atom is -0.324 e. The minimum absolute atomic E-state index is 0.0755. The molecule has 1 N–H and O–H groups in total. The SMILES string of the molecule is O=C(CSc1nc2ccccc2c(=O)n1-c1ccc(F)cc1F)Nc1cc(Cl)ccc1Cl. The topological polar surface area (TPSA) is 64.0 Å². The summed E-state index contributed by atoms with van der Waals surface area (Å²) in [5, 5.41) is 3.68. The maximum atomic E-state index is 14.5. The molecule has 1 aromatic heterocycles. The second-order valence-electron chi connectivity index (χ2n) is 6.61. The number of para-hydroxylation sites is 1. The monoisotopic (exact) mass is 491 g/mol. The predicted molar refractivity (Wildman–Crippen MR) is 123 cm³/mol. The Balaban J connectivity index is 1.70. The van der Waals surface area contributed by atoms with Gasteiger partial charge in [-0.2, -0.15) is 0 Å². The highest BCUT2D eigenvalue weighted by molar-refractivity contribution is 7.99. The van der Waals surface area contributed by atoms with Crippen LogP contribution in [0.15, 0.2) is 70.6 Å². The average molecular weight is 492 g/mol. The Bertz CT molecular complexity index is 1410. The van der Waals surface area contributed by atoms with Gasteiger partial charge < -0.3 is 5.32 Å². The number of hydrogen-bond acceptors (Lipinski definition) is 4. The van der Waals surface area contributed by atoms with Crippen molar-refractivity contribution in [2.75, 3.05) is 11.1 Å². The molecule has 10 heteroatoms. The highest BCUT2D eigenvalue weighted by Gasteiger charge is 2.18. The molecule has 3 aromatic carbocycles. The van der Waals surface area contributed by atoms with E-state index < -0.39 is 23.1 Å². The smallest absolute Gasteiger partial charge is 0.266 e. The molecule has 0 bridgehead atoms. The third kappa shape index (κ3) is 4.62. The third-order valence-electron chi connectivity index (χ3n) is 4.43. The summed E-state index contributed by atoms with van der Waals surface area (Å²) in [6, 6.07) is 14.1. The van der Waals surface area contributed by atoms with E-state index in [1.807, 2.05) is 0 Å². The Morgan fingerprint density at radius 3 is 2.62 bits per heavy atom. The zero-order chi connectivity index (χ0) is 22.8. The second kappa shape index (κ2) is 9.28. The number of nitrogens with one attached hydrogen (secondary N) is 1. The number of carbonyl (C=O) groups is 1. The Morgan fingerprint density at radius 2 is 1.84 bits per heavy atom. The van der Waals surface area contributed by atoms with Gasteiger partial charge >= 0.3 is 0 Å². The van der Waals surface area contributed by atoms with Crippen LogP contribution < -0.4 is 10.9 Å². The van der Waals surface area contributed by atoms with E-state index >= 15 is 0 Å². The number of aromatic nitrogens is 2. The Labute approximate surface area is 195 Å². The lowest BCUT2D eigenvalue weighted by molar-refractivity contribution is -0.113. The van der Waals surface area contributed by atoms with E-state index in [-0.39, 0.29) is 22.0 Å². The van der Waals surface area contributed by atoms with Gasteiger partial charge in [-0.05, 0) is 42.5 Å². The van der Waals surface area contributed by atoms with Crippen LogP contribution in [0, 0.1) is 11.6 Å². The third-order valence-corrected chi connectivity index (χ3v) is 5.93. The van der Waals surface area contributed by atoms with Crippen LogP contribution in [0.4, 0.5) is 14.5 Å². The molecule has 0 saturated carbocycles. The first kappa shape index (κ1) is 22.3. The lowest BCUT2D eigenvalue weighted by atomic mass is 10.2. The van der Waals surface area contributed by atoms with E-state index in [1.54, 1.807) is 36.4 Å². The number of carbonyl (C=O) groups excluding carboxylic acids is 1. The van der Waals surface area contributed by atoms with Crippen LogP contribution in [0.5, 0.6) is 0 Å². The Morgan fingerprint density at radius 1 is 1.06 bits per heavy atom. The van der Waals surface area contributed by atoms with Gasteiger partial charge in [-0.25, -0.2) is 13.8 Å². The molecule has 5 nitrogen and oxygen atoms in total. The van der Waals surface area contributed by atoms with E-state index in [9.17, 15) is 18.4 Å². The number of rotatable bonds is 5. The summed E-state index contributed by atoms with van der Waals surface area (Å²) in [6.07, 6.45) is 0. The number of anilines is 1. The van der Waals surface area contributed by atoms with Crippen LogP contribution in [0.25, 0.3) is 16.6 Å². The van der Waals surface area contributed by atoms with Crippen LogP contribution in [0.3, 0.4) is 0 Å². The first-order valence-corrected chi connectivity index (χ1v) is 10.9. The number of halogens is 4. The maximum absolute atomic E-state index is 14.5. The molecule has 0 saturated heterocycles. The van der Waals surface area contributed by atoms with Gasteiger partial charge in [-0.1, -0.05) is 47.1 Å². The quantitative estimate of drug-likeness (QED) is 0.287. The summed E-state index contributed by atoms with van der Waals surface area (Å²) in [5.74, 6) is -2.30. The molecule has 1 heterocycles. The summed E-state index contributed by atoms with van der Waals surface area (Å²) in [7, 11) is 0. The summed E-state index contributed by atoms with van der Waals surface area (Å²) in [4.78, 5) is 30.0. The van der Waals surface area contributed by atoms with Crippen molar-refractivity contribution < 1.29 is 13.6 Å².